The number of amides is 1. The summed E-state index contributed by atoms with van der Waals surface area (Å²) in [5.41, 5.74) is 1.06. The maximum absolute atomic E-state index is 12.4. The number of piperazine rings is 1. The third-order valence-electron chi connectivity index (χ3n) is 4.65. The van der Waals surface area contributed by atoms with Gasteiger partial charge in [0.25, 0.3) is 0 Å². The fourth-order valence-corrected chi connectivity index (χ4v) is 2.99. The van der Waals surface area contributed by atoms with Crippen LogP contribution in [0.3, 0.4) is 0 Å². The molecule has 0 unspecified atom stereocenters. The summed E-state index contributed by atoms with van der Waals surface area (Å²) in [6.45, 7) is 10.1. The van der Waals surface area contributed by atoms with E-state index >= 15 is 0 Å². The minimum atomic E-state index is -0.293. The zero-order chi connectivity index (χ0) is 16.5. The second-order valence-electron chi connectivity index (χ2n) is 7.07. The lowest BCUT2D eigenvalue weighted by atomic mass is 9.85. The average Bonchev–Trinajstić information content (AvgIpc) is 2.56. The number of hydrogen-bond donors (Lipinski definition) is 2. The Morgan fingerprint density at radius 1 is 1.21 bits per heavy atom. The Hall–Kier alpha value is -1.10. The van der Waals surface area contributed by atoms with Crippen LogP contribution in [-0.4, -0.2) is 50.1 Å². The van der Waals surface area contributed by atoms with Gasteiger partial charge in [-0.1, -0.05) is 44.2 Å². The van der Waals surface area contributed by atoms with E-state index < -0.39 is 0 Å². The van der Waals surface area contributed by atoms with Gasteiger partial charge in [-0.25, -0.2) is 0 Å². The number of benzene rings is 1. The highest BCUT2D eigenvalue weighted by atomic mass is 35.5. The van der Waals surface area contributed by atoms with E-state index in [9.17, 15) is 4.79 Å². The zero-order valence-corrected chi connectivity index (χ0v) is 15.8. The molecule has 1 aromatic rings. The summed E-state index contributed by atoms with van der Waals surface area (Å²) in [7, 11) is 0. The van der Waals surface area contributed by atoms with Crippen LogP contribution in [-0.2, 0) is 11.2 Å². The topological polar surface area (TPSA) is 44.4 Å². The van der Waals surface area contributed by atoms with Crippen LogP contribution in [0.25, 0.3) is 0 Å². The molecular weight excluding hydrogens is 322 g/mol. The van der Waals surface area contributed by atoms with Crippen LogP contribution in [0, 0.1) is 5.41 Å². The Bertz CT molecular complexity index is 473. The fourth-order valence-electron chi connectivity index (χ4n) is 2.99. The number of aryl methyl sites for hydroxylation is 1. The van der Waals surface area contributed by atoms with Crippen molar-refractivity contribution in [1.82, 2.24) is 15.5 Å². The minimum Gasteiger partial charge on any atom is -0.354 e. The number of carbonyl (C=O) groups is 1. The predicted molar refractivity (Wildman–Crippen MR) is 103 cm³/mol. The quantitative estimate of drug-likeness (QED) is 0.754. The third kappa shape index (κ3) is 7.20. The van der Waals surface area contributed by atoms with Gasteiger partial charge in [-0.05, 0) is 24.8 Å². The molecule has 1 aliphatic rings. The molecule has 1 fully saturated rings. The summed E-state index contributed by atoms with van der Waals surface area (Å²) in [6, 6.07) is 10.5. The predicted octanol–water partition coefficient (Wildman–Crippen LogP) is 2.48. The first kappa shape index (κ1) is 20.9. The van der Waals surface area contributed by atoms with Crippen LogP contribution < -0.4 is 10.6 Å². The molecule has 4 nitrogen and oxygen atoms in total. The van der Waals surface area contributed by atoms with Crippen LogP contribution in [0.5, 0.6) is 0 Å². The molecule has 0 atom stereocenters. The molecule has 2 N–H and O–H groups in total. The van der Waals surface area contributed by atoms with Crippen LogP contribution >= 0.6 is 12.4 Å². The van der Waals surface area contributed by atoms with Gasteiger partial charge in [-0.15, -0.1) is 12.4 Å². The van der Waals surface area contributed by atoms with E-state index in [0.29, 0.717) is 0 Å². The first-order chi connectivity index (χ1) is 11.1. The molecule has 1 heterocycles. The average molecular weight is 354 g/mol. The van der Waals surface area contributed by atoms with E-state index in [-0.39, 0.29) is 23.7 Å². The fraction of sp³-hybridized carbons (Fsp3) is 0.632. The van der Waals surface area contributed by atoms with Gasteiger partial charge in [0.2, 0.25) is 5.91 Å². The number of hydrogen-bond acceptors (Lipinski definition) is 3. The summed E-state index contributed by atoms with van der Waals surface area (Å²) in [5.74, 6) is 0.181. The molecule has 0 aromatic heterocycles. The lowest BCUT2D eigenvalue weighted by molar-refractivity contribution is -0.129. The number of nitrogens with zero attached hydrogens (tertiary/aromatic N) is 1. The zero-order valence-electron chi connectivity index (χ0n) is 15.0. The Labute approximate surface area is 152 Å². The van der Waals surface area contributed by atoms with E-state index in [1.54, 1.807) is 0 Å². The monoisotopic (exact) mass is 353 g/mol. The lowest BCUT2D eigenvalue weighted by Crippen LogP contribution is -2.47. The van der Waals surface area contributed by atoms with E-state index in [4.69, 9.17) is 0 Å². The van der Waals surface area contributed by atoms with Gasteiger partial charge in [0.05, 0.1) is 0 Å². The summed E-state index contributed by atoms with van der Waals surface area (Å²) >= 11 is 0. The van der Waals surface area contributed by atoms with Crippen molar-refractivity contribution in [3.63, 3.8) is 0 Å². The van der Waals surface area contributed by atoms with Crippen LogP contribution in [0.2, 0.25) is 0 Å². The first-order valence-corrected chi connectivity index (χ1v) is 8.83. The highest BCUT2D eigenvalue weighted by Crippen LogP contribution is 2.23. The van der Waals surface area contributed by atoms with Gasteiger partial charge in [0, 0.05) is 44.7 Å². The van der Waals surface area contributed by atoms with Gasteiger partial charge >= 0.3 is 0 Å². The molecule has 1 aromatic carbocycles. The Morgan fingerprint density at radius 3 is 2.54 bits per heavy atom. The smallest absolute Gasteiger partial charge is 0.225 e. The minimum absolute atomic E-state index is 0. The largest absolute Gasteiger partial charge is 0.354 e. The van der Waals surface area contributed by atoms with Gasteiger partial charge < -0.3 is 10.6 Å². The Kier molecular flexibility index (Phi) is 9.34. The molecule has 1 amide bonds. The van der Waals surface area contributed by atoms with Gasteiger partial charge in [0.15, 0.2) is 0 Å². The van der Waals surface area contributed by atoms with Crippen molar-refractivity contribution in [1.29, 1.82) is 0 Å². The second kappa shape index (κ2) is 10.7. The van der Waals surface area contributed by atoms with E-state index in [2.05, 4.69) is 53.6 Å². The van der Waals surface area contributed by atoms with Crippen molar-refractivity contribution >= 4 is 18.3 Å². The second-order valence-corrected chi connectivity index (χ2v) is 7.07. The van der Waals surface area contributed by atoms with Crippen molar-refractivity contribution in [2.75, 3.05) is 39.3 Å². The summed E-state index contributed by atoms with van der Waals surface area (Å²) < 4.78 is 0. The maximum Gasteiger partial charge on any atom is 0.225 e. The van der Waals surface area contributed by atoms with Crippen molar-refractivity contribution < 1.29 is 4.79 Å². The van der Waals surface area contributed by atoms with E-state index in [0.717, 1.165) is 58.5 Å². The third-order valence-corrected chi connectivity index (χ3v) is 4.65. The highest BCUT2D eigenvalue weighted by molar-refractivity contribution is 5.85. The number of halogens is 1. The van der Waals surface area contributed by atoms with Crippen LogP contribution in [0.15, 0.2) is 30.3 Å². The molecule has 0 bridgehead atoms. The molecule has 0 aliphatic carbocycles. The molecule has 1 aliphatic heterocycles. The summed E-state index contributed by atoms with van der Waals surface area (Å²) in [6.07, 6.45) is 3.00. The molecule has 5 heteroatoms. The van der Waals surface area contributed by atoms with Gasteiger partial charge in [-0.2, -0.15) is 0 Å². The van der Waals surface area contributed by atoms with E-state index in [1.807, 2.05) is 6.07 Å². The summed E-state index contributed by atoms with van der Waals surface area (Å²) in [4.78, 5) is 14.8. The van der Waals surface area contributed by atoms with Crippen molar-refractivity contribution in [2.24, 2.45) is 5.41 Å². The van der Waals surface area contributed by atoms with Crippen molar-refractivity contribution in [2.45, 2.75) is 33.1 Å². The summed E-state index contributed by atoms with van der Waals surface area (Å²) in [5, 5.41) is 6.46. The Morgan fingerprint density at radius 2 is 1.88 bits per heavy atom. The molecule has 0 saturated carbocycles. The van der Waals surface area contributed by atoms with Gasteiger partial charge in [-0.3, -0.25) is 9.69 Å². The number of carbonyl (C=O) groups excluding carboxylic acids is 1. The maximum atomic E-state index is 12.4. The molecule has 24 heavy (non-hydrogen) atoms. The number of nitrogens with one attached hydrogen (secondary N) is 2. The molecule has 0 radical (unpaired) electrons. The lowest BCUT2D eigenvalue weighted by Gasteiger charge is -2.28. The van der Waals surface area contributed by atoms with Crippen LogP contribution in [0.4, 0.5) is 0 Å². The van der Waals surface area contributed by atoms with E-state index in [1.165, 1.54) is 5.56 Å². The Balaban J connectivity index is 0.00000288. The van der Waals surface area contributed by atoms with Crippen LogP contribution in [0.1, 0.15) is 32.3 Å². The van der Waals surface area contributed by atoms with Gasteiger partial charge in [0.1, 0.15) is 0 Å². The SMILES string of the molecule is CC(C)(CCCc1ccccc1)C(=O)NCCN1CCNCC1.Cl. The molecule has 0 spiro atoms. The number of rotatable bonds is 8. The standard InChI is InChI=1S/C19H31N3O.ClH/c1-19(2,10-6-9-17-7-4-3-5-8-17)18(23)21-13-16-22-14-11-20-12-15-22;/h3-5,7-8,20H,6,9-16H2,1-2H3,(H,21,23);1H. The van der Waals surface area contributed by atoms with Crippen molar-refractivity contribution in [3.05, 3.63) is 35.9 Å². The molecule has 1 saturated heterocycles. The molecular formula is C19H32ClN3O. The normalized spacial score (nSPS) is 15.6. The highest BCUT2D eigenvalue weighted by Gasteiger charge is 2.26. The molecule has 2 rings (SSSR count). The van der Waals surface area contributed by atoms with Crippen molar-refractivity contribution in [3.8, 4) is 0 Å². The first-order valence-electron chi connectivity index (χ1n) is 8.83. The molecule has 136 valence electrons.